The molecule has 3 aromatic rings. The summed E-state index contributed by atoms with van der Waals surface area (Å²) in [5, 5.41) is 3.27. The van der Waals surface area contributed by atoms with Crippen molar-refractivity contribution in [2.24, 2.45) is 0 Å². The molecule has 0 saturated heterocycles. The summed E-state index contributed by atoms with van der Waals surface area (Å²) in [5.41, 5.74) is 2.58. The molecule has 0 bridgehead atoms. The first-order chi connectivity index (χ1) is 13.5. The summed E-state index contributed by atoms with van der Waals surface area (Å²) in [6.45, 7) is 6.96. The Balaban J connectivity index is 1.78. The third kappa shape index (κ3) is 5.13. The van der Waals surface area contributed by atoms with Gasteiger partial charge in [0.05, 0.1) is 0 Å². The number of nitrogens with zero attached hydrogens (tertiary/aromatic N) is 4. The van der Waals surface area contributed by atoms with E-state index in [9.17, 15) is 4.79 Å². The van der Waals surface area contributed by atoms with E-state index in [1.165, 1.54) is 0 Å². The van der Waals surface area contributed by atoms with Gasteiger partial charge in [0.2, 0.25) is 0 Å². The quantitative estimate of drug-likeness (QED) is 0.679. The summed E-state index contributed by atoms with van der Waals surface area (Å²) >= 11 is 0. The average molecular weight is 375 g/mol. The third-order valence-corrected chi connectivity index (χ3v) is 4.36. The van der Waals surface area contributed by atoms with E-state index in [1.54, 1.807) is 25.4 Å². The SMILES string of the molecule is Cc1nc(NCc2ccncc2)cc(C(=O)N(Cc2ccccc2)C(C)C)n1. The van der Waals surface area contributed by atoms with Crippen LogP contribution in [0.15, 0.2) is 60.9 Å². The molecule has 0 saturated carbocycles. The normalized spacial score (nSPS) is 10.7. The lowest BCUT2D eigenvalue weighted by Crippen LogP contribution is -2.37. The number of benzene rings is 1. The second-order valence-electron chi connectivity index (χ2n) is 6.91. The molecule has 144 valence electrons. The van der Waals surface area contributed by atoms with Crippen LogP contribution in [0.5, 0.6) is 0 Å². The minimum absolute atomic E-state index is 0.0520. The van der Waals surface area contributed by atoms with Crippen molar-refractivity contribution < 1.29 is 4.79 Å². The van der Waals surface area contributed by atoms with Gasteiger partial charge in [-0.15, -0.1) is 0 Å². The molecule has 6 nitrogen and oxygen atoms in total. The van der Waals surface area contributed by atoms with Gasteiger partial charge in [0, 0.05) is 37.6 Å². The van der Waals surface area contributed by atoms with E-state index < -0.39 is 0 Å². The fraction of sp³-hybridized carbons (Fsp3) is 0.273. The Bertz CT molecular complexity index is 913. The lowest BCUT2D eigenvalue weighted by Gasteiger charge is -2.26. The van der Waals surface area contributed by atoms with Crippen molar-refractivity contribution in [1.82, 2.24) is 19.9 Å². The molecule has 0 fully saturated rings. The summed E-state index contributed by atoms with van der Waals surface area (Å²) < 4.78 is 0. The summed E-state index contributed by atoms with van der Waals surface area (Å²) in [5.74, 6) is 1.10. The predicted octanol–water partition coefficient (Wildman–Crippen LogP) is 3.84. The molecule has 0 spiro atoms. The van der Waals surface area contributed by atoms with Gasteiger partial charge in [-0.1, -0.05) is 30.3 Å². The first-order valence-electron chi connectivity index (χ1n) is 9.36. The number of hydrogen-bond donors (Lipinski definition) is 1. The molecule has 0 aliphatic rings. The highest BCUT2D eigenvalue weighted by Crippen LogP contribution is 2.15. The number of amides is 1. The van der Waals surface area contributed by atoms with Crippen LogP contribution in [0, 0.1) is 6.92 Å². The summed E-state index contributed by atoms with van der Waals surface area (Å²) in [6.07, 6.45) is 3.50. The number of nitrogens with one attached hydrogen (secondary N) is 1. The third-order valence-electron chi connectivity index (χ3n) is 4.36. The topological polar surface area (TPSA) is 71.0 Å². The summed E-state index contributed by atoms with van der Waals surface area (Å²) in [7, 11) is 0. The van der Waals surface area contributed by atoms with Crippen molar-refractivity contribution in [2.75, 3.05) is 5.32 Å². The van der Waals surface area contributed by atoms with Gasteiger partial charge in [-0.05, 0) is 44.0 Å². The molecule has 3 rings (SSSR count). The summed E-state index contributed by atoms with van der Waals surface area (Å²) in [4.78, 5) is 27.8. The maximum absolute atomic E-state index is 13.2. The van der Waals surface area contributed by atoms with Gasteiger partial charge in [0.15, 0.2) is 0 Å². The number of rotatable bonds is 7. The Morgan fingerprint density at radius 3 is 2.43 bits per heavy atom. The fourth-order valence-corrected chi connectivity index (χ4v) is 2.88. The molecule has 1 amide bonds. The first kappa shape index (κ1) is 19.5. The van der Waals surface area contributed by atoms with E-state index in [4.69, 9.17) is 0 Å². The smallest absolute Gasteiger partial charge is 0.273 e. The number of aromatic nitrogens is 3. The van der Waals surface area contributed by atoms with Gasteiger partial charge in [0.1, 0.15) is 17.3 Å². The molecule has 0 aliphatic heterocycles. The van der Waals surface area contributed by atoms with E-state index in [2.05, 4.69) is 20.3 Å². The van der Waals surface area contributed by atoms with Crippen molar-refractivity contribution in [3.63, 3.8) is 0 Å². The molecule has 0 atom stereocenters. The van der Waals surface area contributed by atoms with E-state index in [-0.39, 0.29) is 11.9 Å². The molecule has 1 aromatic carbocycles. The highest BCUT2D eigenvalue weighted by atomic mass is 16.2. The van der Waals surface area contributed by atoms with Crippen molar-refractivity contribution in [3.8, 4) is 0 Å². The van der Waals surface area contributed by atoms with E-state index in [0.717, 1.165) is 11.1 Å². The Labute approximate surface area is 165 Å². The molecule has 2 aromatic heterocycles. The molecule has 0 radical (unpaired) electrons. The lowest BCUT2D eigenvalue weighted by molar-refractivity contribution is 0.0684. The van der Waals surface area contributed by atoms with E-state index >= 15 is 0 Å². The second kappa shape index (κ2) is 9.08. The molecular formula is C22H25N5O. The predicted molar refractivity (Wildman–Crippen MR) is 110 cm³/mol. The molecule has 28 heavy (non-hydrogen) atoms. The first-order valence-corrected chi connectivity index (χ1v) is 9.36. The van der Waals surface area contributed by atoms with Crippen molar-refractivity contribution in [2.45, 2.75) is 39.9 Å². The highest BCUT2D eigenvalue weighted by molar-refractivity contribution is 5.93. The van der Waals surface area contributed by atoms with Gasteiger partial charge in [-0.2, -0.15) is 0 Å². The number of carbonyl (C=O) groups excluding carboxylic acids is 1. The molecule has 0 aliphatic carbocycles. The van der Waals surface area contributed by atoms with E-state index in [1.807, 2.05) is 61.2 Å². The number of carbonyl (C=O) groups is 1. The van der Waals surface area contributed by atoms with Crippen LogP contribution in [0.2, 0.25) is 0 Å². The second-order valence-corrected chi connectivity index (χ2v) is 6.91. The monoisotopic (exact) mass is 375 g/mol. The zero-order chi connectivity index (χ0) is 19.9. The van der Waals surface area contributed by atoms with Crippen molar-refractivity contribution >= 4 is 11.7 Å². The lowest BCUT2D eigenvalue weighted by atomic mass is 10.1. The van der Waals surface area contributed by atoms with Crippen LogP contribution in [0.25, 0.3) is 0 Å². The van der Waals surface area contributed by atoms with Gasteiger partial charge in [-0.25, -0.2) is 9.97 Å². The summed E-state index contributed by atoms with van der Waals surface area (Å²) in [6, 6.07) is 15.6. The molecular weight excluding hydrogens is 350 g/mol. The minimum Gasteiger partial charge on any atom is -0.366 e. The number of aryl methyl sites for hydroxylation is 1. The van der Waals surface area contributed by atoms with E-state index in [0.29, 0.717) is 30.4 Å². The van der Waals surface area contributed by atoms with Crippen LogP contribution in [0.3, 0.4) is 0 Å². The Hall–Kier alpha value is -3.28. The van der Waals surface area contributed by atoms with Gasteiger partial charge in [-0.3, -0.25) is 9.78 Å². The van der Waals surface area contributed by atoms with Crippen LogP contribution < -0.4 is 5.32 Å². The van der Waals surface area contributed by atoms with Gasteiger partial charge in [0.25, 0.3) is 5.91 Å². The van der Waals surface area contributed by atoms with Gasteiger partial charge < -0.3 is 10.2 Å². The largest absolute Gasteiger partial charge is 0.366 e. The number of hydrogen-bond acceptors (Lipinski definition) is 5. The van der Waals surface area contributed by atoms with Crippen molar-refractivity contribution in [1.29, 1.82) is 0 Å². The van der Waals surface area contributed by atoms with Crippen LogP contribution >= 0.6 is 0 Å². The molecule has 0 unspecified atom stereocenters. The maximum atomic E-state index is 13.2. The Morgan fingerprint density at radius 2 is 1.75 bits per heavy atom. The Kier molecular flexibility index (Phi) is 6.32. The van der Waals surface area contributed by atoms with Crippen LogP contribution in [-0.4, -0.2) is 31.8 Å². The van der Waals surface area contributed by atoms with Crippen LogP contribution in [0.1, 0.15) is 41.3 Å². The fourth-order valence-electron chi connectivity index (χ4n) is 2.88. The van der Waals surface area contributed by atoms with Crippen molar-refractivity contribution in [3.05, 3.63) is 83.6 Å². The van der Waals surface area contributed by atoms with Gasteiger partial charge >= 0.3 is 0 Å². The zero-order valence-corrected chi connectivity index (χ0v) is 16.5. The van der Waals surface area contributed by atoms with Crippen LogP contribution in [0.4, 0.5) is 5.82 Å². The Morgan fingerprint density at radius 1 is 1.04 bits per heavy atom. The van der Waals surface area contributed by atoms with Crippen LogP contribution in [-0.2, 0) is 13.1 Å². The zero-order valence-electron chi connectivity index (χ0n) is 16.5. The highest BCUT2D eigenvalue weighted by Gasteiger charge is 2.21. The molecule has 1 N–H and O–H groups in total. The number of pyridine rings is 1. The standard InChI is InChI=1S/C22H25N5O/c1-16(2)27(15-19-7-5-4-6-8-19)22(28)20-13-21(26-17(3)25-20)24-14-18-9-11-23-12-10-18/h4-13,16H,14-15H2,1-3H3,(H,24,25,26). The molecule has 2 heterocycles. The number of anilines is 1. The molecule has 6 heteroatoms. The minimum atomic E-state index is -0.101. The average Bonchev–Trinajstić information content (AvgIpc) is 2.71. The maximum Gasteiger partial charge on any atom is 0.273 e.